The largest absolute Gasteiger partial charge is 0.359 e. The Kier molecular flexibility index (Phi) is 3.12. The second-order valence-corrected chi connectivity index (χ2v) is 4.25. The van der Waals surface area contributed by atoms with Gasteiger partial charge in [-0.2, -0.15) is 4.98 Å². The molecular formula is C14H12N4O2. The first-order valence-corrected chi connectivity index (χ1v) is 6.15. The summed E-state index contributed by atoms with van der Waals surface area (Å²) in [6.45, 7) is 0. The van der Waals surface area contributed by atoms with Crippen molar-refractivity contribution in [2.45, 2.75) is 6.42 Å². The predicted molar refractivity (Wildman–Crippen MR) is 72.8 cm³/mol. The zero-order chi connectivity index (χ0) is 13.9. The van der Waals surface area contributed by atoms with Crippen LogP contribution in [0.15, 0.2) is 40.9 Å². The van der Waals surface area contributed by atoms with E-state index in [4.69, 9.17) is 4.52 Å². The van der Waals surface area contributed by atoms with Gasteiger partial charge in [-0.05, 0) is 12.1 Å². The highest BCUT2D eigenvalue weighted by Gasteiger charge is 2.12. The molecule has 3 aromatic rings. The molecule has 0 saturated heterocycles. The van der Waals surface area contributed by atoms with Crippen molar-refractivity contribution in [2.24, 2.45) is 0 Å². The summed E-state index contributed by atoms with van der Waals surface area (Å²) in [4.78, 5) is 19.9. The molecule has 2 aromatic heterocycles. The first-order valence-electron chi connectivity index (χ1n) is 6.15. The molecule has 2 heterocycles. The van der Waals surface area contributed by atoms with Crippen molar-refractivity contribution in [3.05, 3.63) is 42.2 Å². The number of likely N-dealkylation sites (N-methyl/N-ethyl adjacent to an activating group) is 1. The molecular weight excluding hydrogens is 256 g/mol. The number of nitrogens with zero attached hydrogens (tertiary/aromatic N) is 3. The van der Waals surface area contributed by atoms with Gasteiger partial charge in [-0.3, -0.25) is 4.79 Å². The first kappa shape index (κ1) is 12.3. The normalized spacial score (nSPS) is 10.7. The Morgan fingerprint density at radius 2 is 2.05 bits per heavy atom. The molecule has 0 bridgehead atoms. The number of para-hydroxylation sites is 1. The van der Waals surface area contributed by atoms with Crippen molar-refractivity contribution in [1.29, 1.82) is 0 Å². The van der Waals surface area contributed by atoms with E-state index in [-0.39, 0.29) is 12.3 Å². The Labute approximate surface area is 114 Å². The number of carbonyl (C=O) groups is 1. The van der Waals surface area contributed by atoms with E-state index in [1.165, 1.54) is 0 Å². The van der Waals surface area contributed by atoms with E-state index in [1.54, 1.807) is 7.05 Å². The molecule has 6 nitrogen and oxygen atoms in total. The summed E-state index contributed by atoms with van der Waals surface area (Å²) in [5, 5.41) is 7.33. The van der Waals surface area contributed by atoms with E-state index in [0.29, 0.717) is 17.4 Å². The monoisotopic (exact) mass is 268 g/mol. The molecule has 0 atom stereocenters. The number of pyridine rings is 1. The highest BCUT2D eigenvalue weighted by Crippen LogP contribution is 2.19. The molecule has 1 amide bonds. The van der Waals surface area contributed by atoms with Gasteiger partial charge in [0, 0.05) is 12.4 Å². The van der Waals surface area contributed by atoms with Gasteiger partial charge >= 0.3 is 0 Å². The Morgan fingerprint density at radius 3 is 2.90 bits per heavy atom. The number of benzene rings is 1. The third-order valence-electron chi connectivity index (χ3n) is 2.88. The summed E-state index contributed by atoms with van der Waals surface area (Å²) >= 11 is 0. The van der Waals surface area contributed by atoms with Gasteiger partial charge in [-0.1, -0.05) is 29.4 Å². The number of hydrogen-bond donors (Lipinski definition) is 1. The molecule has 6 heteroatoms. The molecule has 0 radical (unpaired) electrons. The smallest absolute Gasteiger partial charge is 0.276 e. The molecule has 0 aliphatic heterocycles. The van der Waals surface area contributed by atoms with Gasteiger partial charge in [-0.25, -0.2) is 4.98 Å². The van der Waals surface area contributed by atoms with Crippen molar-refractivity contribution in [2.75, 3.05) is 7.05 Å². The number of fused-ring (bicyclic) bond motifs is 1. The molecule has 0 spiro atoms. The lowest BCUT2D eigenvalue weighted by molar-refractivity contribution is -0.120. The Morgan fingerprint density at radius 1 is 1.20 bits per heavy atom. The van der Waals surface area contributed by atoms with Crippen LogP contribution in [0.1, 0.15) is 5.82 Å². The summed E-state index contributed by atoms with van der Waals surface area (Å²) in [5.74, 6) is 0.493. The van der Waals surface area contributed by atoms with Crippen LogP contribution in [-0.2, 0) is 11.2 Å². The zero-order valence-corrected chi connectivity index (χ0v) is 10.8. The van der Waals surface area contributed by atoms with E-state index in [2.05, 4.69) is 20.4 Å². The Balaban J connectivity index is 1.92. The van der Waals surface area contributed by atoms with E-state index in [0.717, 1.165) is 10.9 Å². The van der Waals surface area contributed by atoms with Crippen LogP contribution < -0.4 is 5.32 Å². The maximum Gasteiger partial charge on any atom is 0.276 e. The molecule has 100 valence electrons. The Bertz CT molecular complexity index is 766. The fraction of sp³-hybridized carbons (Fsp3) is 0.143. The quantitative estimate of drug-likeness (QED) is 0.779. The van der Waals surface area contributed by atoms with Gasteiger partial charge < -0.3 is 9.84 Å². The van der Waals surface area contributed by atoms with Gasteiger partial charge in [-0.15, -0.1) is 0 Å². The Hall–Kier alpha value is -2.76. The number of nitrogens with one attached hydrogen (secondary N) is 1. The number of amides is 1. The van der Waals surface area contributed by atoms with Gasteiger partial charge in [0.1, 0.15) is 5.69 Å². The standard InChI is InChI=1S/C14H12N4O2/c1-15-13(19)8-12-17-14(20-18-12)11-7-6-9-4-2-3-5-10(9)16-11/h2-7H,8H2,1H3,(H,15,19). The van der Waals surface area contributed by atoms with E-state index < -0.39 is 0 Å². The minimum Gasteiger partial charge on any atom is -0.359 e. The van der Waals surface area contributed by atoms with Crippen molar-refractivity contribution >= 4 is 16.8 Å². The SMILES string of the molecule is CNC(=O)Cc1noc(-c2ccc3ccccc3n2)n1. The number of aromatic nitrogens is 3. The van der Waals surface area contributed by atoms with Crippen molar-refractivity contribution in [3.63, 3.8) is 0 Å². The van der Waals surface area contributed by atoms with Gasteiger partial charge in [0.2, 0.25) is 5.91 Å². The summed E-state index contributed by atoms with van der Waals surface area (Å²) in [5.41, 5.74) is 1.45. The molecule has 20 heavy (non-hydrogen) atoms. The van der Waals surface area contributed by atoms with Crippen LogP contribution in [-0.4, -0.2) is 28.1 Å². The first-order chi connectivity index (χ1) is 9.76. The molecule has 3 rings (SSSR count). The van der Waals surface area contributed by atoms with Crippen LogP contribution in [0.5, 0.6) is 0 Å². The minimum absolute atomic E-state index is 0.0909. The highest BCUT2D eigenvalue weighted by molar-refractivity contribution is 5.80. The van der Waals surface area contributed by atoms with Gasteiger partial charge in [0.25, 0.3) is 5.89 Å². The van der Waals surface area contributed by atoms with Crippen LogP contribution in [0, 0.1) is 0 Å². The minimum atomic E-state index is -0.163. The van der Waals surface area contributed by atoms with Crippen LogP contribution in [0.3, 0.4) is 0 Å². The van der Waals surface area contributed by atoms with Crippen molar-refractivity contribution in [3.8, 4) is 11.6 Å². The number of rotatable bonds is 3. The van der Waals surface area contributed by atoms with E-state index in [9.17, 15) is 4.79 Å². The molecule has 0 saturated carbocycles. The fourth-order valence-corrected chi connectivity index (χ4v) is 1.85. The number of hydrogen-bond acceptors (Lipinski definition) is 5. The molecule has 0 unspecified atom stereocenters. The van der Waals surface area contributed by atoms with Crippen LogP contribution >= 0.6 is 0 Å². The maximum atomic E-state index is 11.3. The second-order valence-electron chi connectivity index (χ2n) is 4.25. The van der Waals surface area contributed by atoms with Crippen molar-refractivity contribution < 1.29 is 9.32 Å². The molecule has 1 aromatic carbocycles. The van der Waals surface area contributed by atoms with Crippen LogP contribution in [0.4, 0.5) is 0 Å². The third kappa shape index (κ3) is 2.35. The van der Waals surface area contributed by atoms with E-state index >= 15 is 0 Å². The van der Waals surface area contributed by atoms with Crippen LogP contribution in [0.2, 0.25) is 0 Å². The molecule has 1 N–H and O–H groups in total. The summed E-state index contributed by atoms with van der Waals surface area (Å²) < 4.78 is 5.14. The lowest BCUT2D eigenvalue weighted by Gasteiger charge is -1.98. The highest BCUT2D eigenvalue weighted by atomic mass is 16.5. The number of carbonyl (C=O) groups excluding carboxylic acids is 1. The molecule has 0 aliphatic carbocycles. The maximum absolute atomic E-state index is 11.3. The molecule has 0 aliphatic rings. The van der Waals surface area contributed by atoms with Crippen molar-refractivity contribution in [1.82, 2.24) is 20.4 Å². The zero-order valence-electron chi connectivity index (χ0n) is 10.8. The average molecular weight is 268 g/mol. The second kappa shape index (κ2) is 5.08. The lowest BCUT2D eigenvalue weighted by Crippen LogP contribution is -2.20. The van der Waals surface area contributed by atoms with E-state index in [1.807, 2.05) is 36.4 Å². The van der Waals surface area contributed by atoms with Gasteiger partial charge in [0.15, 0.2) is 5.82 Å². The summed E-state index contributed by atoms with van der Waals surface area (Å²) in [6, 6.07) is 11.5. The lowest BCUT2D eigenvalue weighted by atomic mass is 10.2. The molecule has 0 fully saturated rings. The summed E-state index contributed by atoms with van der Waals surface area (Å²) in [7, 11) is 1.56. The predicted octanol–water partition coefficient (Wildman–Crippen LogP) is 1.57. The average Bonchev–Trinajstić information content (AvgIpc) is 2.95. The van der Waals surface area contributed by atoms with Gasteiger partial charge in [0.05, 0.1) is 11.9 Å². The third-order valence-corrected chi connectivity index (χ3v) is 2.88. The summed E-state index contributed by atoms with van der Waals surface area (Å²) in [6.07, 6.45) is 0.0909. The fourth-order valence-electron chi connectivity index (χ4n) is 1.85. The topological polar surface area (TPSA) is 80.9 Å². The van der Waals surface area contributed by atoms with Crippen LogP contribution in [0.25, 0.3) is 22.5 Å².